The average Bonchev–Trinajstić information content (AvgIpc) is 3.23. The molecule has 2 aliphatic rings. The van der Waals surface area contributed by atoms with Crippen molar-refractivity contribution >= 4 is 34.1 Å². The molecule has 1 spiro atoms. The van der Waals surface area contributed by atoms with Gasteiger partial charge >= 0.3 is 0 Å². The minimum atomic E-state index is -0.779. The van der Waals surface area contributed by atoms with Crippen LogP contribution in [0.1, 0.15) is 22.3 Å². The second-order valence-corrected chi connectivity index (χ2v) is 13.3. The maximum absolute atomic E-state index is 6.95. The highest BCUT2D eigenvalue weighted by atomic mass is 16.5. The summed E-state index contributed by atoms with van der Waals surface area (Å²) in [5.74, 6) is 3.27. The molecule has 10 rings (SSSR count). The van der Waals surface area contributed by atoms with E-state index in [1.54, 1.807) is 0 Å². The molecule has 8 aromatic rings. The van der Waals surface area contributed by atoms with Crippen molar-refractivity contribution in [2.75, 3.05) is 9.80 Å². The first kappa shape index (κ1) is 30.8. The topological polar surface area (TPSA) is 24.9 Å². The molecule has 0 atom stereocenters. The second-order valence-electron chi connectivity index (χ2n) is 13.3. The Hall–Kier alpha value is -7.04. The summed E-state index contributed by atoms with van der Waals surface area (Å²) in [5, 5.41) is 0. The van der Waals surface area contributed by atoms with Crippen LogP contribution in [-0.2, 0) is 5.41 Å². The van der Waals surface area contributed by atoms with Crippen LogP contribution in [0.15, 0.2) is 206 Å². The van der Waals surface area contributed by atoms with Crippen molar-refractivity contribution < 1.29 is 9.47 Å². The van der Waals surface area contributed by atoms with E-state index in [2.05, 4.69) is 204 Å². The van der Waals surface area contributed by atoms with Crippen molar-refractivity contribution in [1.82, 2.24) is 0 Å². The lowest BCUT2D eigenvalue weighted by atomic mass is 9.62. The summed E-state index contributed by atoms with van der Waals surface area (Å²) in [5.41, 5.74) is 9.78. The van der Waals surface area contributed by atoms with Gasteiger partial charge in [0.25, 0.3) is 0 Å². The summed E-state index contributed by atoms with van der Waals surface area (Å²) in [4.78, 5) is 4.62. The van der Waals surface area contributed by atoms with Gasteiger partial charge in [0.05, 0.1) is 5.41 Å². The van der Waals surface area contributed by atoms with Gasteiger partial charge in [-0.2, -0.15) is 0 Å². The Balaban J connectivity index is 1.28. The van der Waals surface area contributed by atoms with Crippen LogP contribution in [0.25, 0.3) is 0 Å². The van der Waals surface area contributed by atoms with Crippen LogP contribution in [0.5, 0.6) is 23.0 Å². The summed E-state index contributed by atoms with van der Waals surface area (Å²) < 4.78 is 13.7. The van der Waals surface area contributed by atoms with Crippen molar-refractivity contribution in [3.8, 4) is 23.0 Å². The molecule has 2 heterocycles. The number of fused-ring (bicyclic) bond motifs is 8. The quantitative estimate of drug-likeness (QED) is 0.174. The summed E-state index contributed by atoms with van der Waals surface area (Å²) in [6.07, 6.45) is 0. The molecule has 4 nitrogen and oxygen atoms in total. The fourth-order valence-corrected chi connectivity index (χ4v) is 8.12. The van der Waals surface area contributed by atoms with Gasteiger partial charge in [0.2, 0.25) is 0 Å². The van der Waals surface area contributed by atoms with Crippen molar-refractivity contribution in [3.05, 3.63) is 229 Å². The molecular weight excluding hydrogens is 649 g/mol. The van der Waals surface area contributed by atoms with Gasteiger partial charge in [-0.15, -0.1) is 0 Å². The minimum absolute atomic E-state index is 0.779. The van der Waals surface area contributed by atoms with E-state index < -0.39 is 5.41 Å². The largest absolute Gasteiger partial charge is 0.457 e. The third kappa shape index (κ3) is 4.99. The standard InChI is InChI=1S/C49H34N2O2/c1-5-17-35(18-6-1)50(36-19-7-2-8-20-36)39-29-31-47-43(33-39)49(41-25-13-15-27-45(41)52-46-28-16-14-26-42(46)49)44-34-40(30-32-48(44)53-47)51(37-21-9-3-10-22-37)38-23-11-4-12-24-38/h1-34H. The van der Waals surface area contributed by atoms with Crippen LogP contribution in [0, 0.1) is 0 Å². The Morgan fingerprint density at radius 3 is 0.925 bits per heavy atom. The van der Waals surface area contributed by atoms with Crippen LogP contribution in [0.2, 0.25) is 0 Å². The lowest BCUT2D eigenvalue weighted by Gasteiger charge is -2.45. The zero-order valence-corrected chi connectivity index (χ0v) is 28.8. The summed E-state index contributed by atoms with van der Waals surface area (Å²) in [7, 11) is 0. The number of nitrogens with zero attached hydrogens (tertiary/aromatic N) is 2. The molecule has 4 heteroatoms. The monoisotopic (exact) mass is 682 g/mol. The Labute approximate surface area is 309 Å². The van der Waals surface area contributed by atoms with Gasteiger partial charge in [-0.1, -0.05) is 109 Å². The number of anilines is 6. The van der Waals surface area contributed by atoms with Gasteiger partial charge in [0, 0.05) is 56.4 Å². The normalized spacial score (nSPS) is 13.0. The molecule has 0 saturated carbocycles. The molecule has 0 N–H and O–H groups in total. The second kappa shape index (κ2) is 12.6. The lowest BCUT2D eigenvalue weighted by Crippen LogP contribution is -2.37. The summed E-state index contributed by atoms with van der Waals surface area (Å²) in [6, 6.07) is 72.3. The Kier molecular flexibility index (Phi) is 7.33. The summed E-state index contributed by atoms with van der Waals surface area (Å²) in [6.45, 7) is 0. The molecule has 0 saturated heterocycles. The molecule has 2 aliphatic heterocycles. The third-order valence-corrected chi connectivity index (χ3v) is 10.3. The van der Waals surface area contributed by atoms with Crippen molar-refractivity contribution in [2.24, 2.45) is 0 Å². The zero-order chi connectivity index (χ0) is 35.2. The van der Waals surface area contributed by atoms with Crippen LogP contribution in [-0.4, -0.2) is 0 Å². The Morgan fingerprint density at radius 1 is 0.264 bits per heavy atom. The molecule has 252 valence electrons. The zero-order valence-electron chi connectivity index (χ0n) is 28.8. The van der Waals surface area contributed by atoms with E-state index in [-0.39, 0.29) is 0 Å². The van der Waals surface area contributed by atoms with Gasteiger partial charge < -0.3 is 19.3 Å². The maximum Gasteiger partial charge on any atom is 0.132 e. The molecule has 0 fully saturated rings. The maximum atomic E-state index is 6.95. The fraction of sp³-hybridized carbons (Fsp3) is 0.0204. The molecular formula is C49H34N2O2. The first-order valence-corrected chi connectivity index (χ1v) is 17.9. The van der Waals surface area contributed by atoms with E-state index in [9.17, 15) is 0 Å². The molecule has 8 aromatic carbocycles. The fourth-order valence-electron chi connectivity index (χ4n) is 8.12. The van der Waals surface area contributed by atoms with Gasteiger partial charge in [0.1, 0.15) is 23.0 Å². The SMILES string of the molecule is c1ccc(N(c2ccccc2)c2ccc3c(c2)C2(c4ccccc4Oc4ccccc42)c2cc(N(c4ccccc4)c4ccccc4)ccc2O3)cc1. The van der Waals surface area contributed by atoms with Crippen LogP contribution < -0.4 is 19.3 Å². The van der Waals surface area contributed by atoms with Gasteiger partial charge in [-0.25, -0.2) is 0 Å². The van der Waals surface area contributed by atoms with E-state index in [0.717, 1.165) is 79.4 Å². The van der Waals surface area contributed by atoms with E-state index >= 15 is 0 Å². The molecule has 53 heavy (non-hydrogen) atoms. The number of benzene rings is 8. The Morgan fingerprint density at radius 2 is 0.566 bits per heavy atom. The first-order valence-electron chi connectivity index (χ1n) is 17.9. The van der Waals surface area contributed by atoms with Gasteiger partial charge in [-0.05, 0) is 97.1 Å². The predicted octanol–water partition coefficient (Wildman–Crippen LogP) is 13.2. The van der Waals surface area contributed by atoms with E-state index in [1.165, 1.54) is 0 Å². The van der Waals surface area contributed by atoms with Crippen molar-refractivity contribution in [3.63, 3.8) is 0 Å². The Bertz CT molecular complexity index is 2310. The van der Waals surface area contributed by atoms with Crippen LogP contribution in [0.3, 0.4) is 0 Å². The highest BCUT2D eigenvalue weighted by Crippen LogP contribution is 2.62. The smallest absolute Gasteiger partial charge is 0.132 e. The van der Waals surface area contributed by atoms with E-state index in [4.69, 9.17) is 9.47 Å². The van der Waals surface area contributed by atoms with Gasteiger partial charge in [-0.3, -0.25) is 0 Å². The highest BCUT2D eigenvalue weighted by Gasteiger charge is 2.51. The predicted molar refractivity (Wildman–Crippen MR) is 214 cm³/mol. The molecule has 0 aromatic heterocycles. The lowest BCUT2D eigenvalue weighted by molar-refractivity contribution is 0.399. The van der Waals surface area contributed by atoms with E-state index in [0.29, 0.717) is 0 Å². The number of ether oxygens (including phenoxy) is 2. The van der Waals surface area contributed by atoms with Crippen molar-refractivity contribution in [1.29, 1.82) is 0 Å². The summed E-state index contributed by atoms with van der Waals surface area (Å²) >= 11 is 0. The van der Waals surface area contributed by atoms with E-state index in [1.807, 2.05) is 12.1 Å². The van der Waals surface area contributed by atoms with Crippen LogP contribution >= 0.6 is 0 Å². The molecule has 0 aliphatic carbocycles. The number of hydrogen-bond donors (Lipinski definition) is 0. The van der Waals surface area contributed by atoms with Crippen molar-refractivity contribution in [2.45, 2.75) is 5.41 Å². The average molecular weight is 683 g/mol. The third-order valence-electron chi connectivity index (χ3n) is 10.3. The molecule has 0 amide bonds. The number of hydrogen-bond acceptors (Lipinski definition) is 4. The molecule has 0 unspecified atom stereocenters. The number of rotatable bonds is 6. The first-order chi connectivity index (χ1) is 26.3. The molecule has 0 bridgehead atoms. The minimum Gasteiger partial charge on any atom is -0.457 e. The molecule has 0 radical (unpaired) electrons. The van der Waals surface area contributed by atoms with Crippen LogP contribution in [0.4, 0.5) is 34.1 Å². The highest BCUT2D eigenvalue weighted by molar-refractivity contribution is 5.84. The number of para-hydroxylation sites is 6. The van der Waals surface area contributed by atoms with Gasteiger partial charge in [0.15, 0.2) is 0 Å².